The highest BCUT2D eigenvalue weighted by Crippen LogP contribution is 2.31. The summed E-state index contributed by atoms with van der Waals surface area (Å²) in [6.45, 7) is 2.86. The zero-order valence-electron chi connectivity index (χ0n) is 14.5. The molecule has 0 aliphatic carbocycles. The standard InChI is InChI=1S/C19H23N5O/c1-2-7-13-12-16(23-22-13)19(25)24-11-6-5-10-17(24)18-20-14-8-3-4-9-15(14)21-18/h3-4,8-9,12,17H,2,5-7,10-11H2,1H3,(H,20,21)(H,22,23)/t17-/m1/s1. The molecule has 25 heavy (non-hydrogen) atoms. The van der Waals surface area contributed by atoms with E-state index in [-0.39, 0.29) is 11.9 Å². The molecule has 0 bridgehead atoms. The number of H-pyrrole nitrogens is 2. The first kappa shape index (κ1) is 15.9. The maximum atomic E-state index is 13.0. The number of carbonyl (C=O) groups is 1. The largest absolute Gasteiger partial charge is 0.340 e. The first-order valence-electron chi connectivity index (χ1n) is 9.06. The molecule has 0 spiro atoms. The number of rotatable bonds is 4. The molecule has 1 fully saturated rings. The number of piperidine rings is 1. The second kappa shape index (κ2) is 6.70. The third-order valence-corrected chi connectivity index (χ3v) is 4.86. The third kappa shape index (κ3) is 3.04. The molecule has 1 aliphatic heterocycles. The van der Waals surface area contributed by atoms with E-state index in [2.05, 4.69) is 22.1 Å². The maximum absolute atomic E-state index is 13.0. The van der Waals surface area contributed by atoms with Crippen LogP contribution in [0.15, 0.2) is 30.3 Å². The molecule has 2 aromatic heterocycles. The number of imidazole rings is 1. The average molecular weight is 337 g/mol. The van der Waals surface area contributed by atoms with Gasteiger partial charge in [-0.25, -0.2) is 4.98 Å². The van der Waals surface area contributed by atoms with E-state index in [0.29, 0.717) is 5.69 Å². The van der Waals surface area contributed by atoms with Gasteiger partial charge in [0.1, 0.15) is 11.5 Å². The van der Waals surface area contributed by atoms with Gasteiger partial charge in [-0.2, -0.15) is 5.10 Å². The van der Waals surface area contributed by atoms with Gasteiger partial charge >= 0.3 is 0 Å². The Morgan fingerprint density at radius 1 is 1.32 bits per heavy atom. The Hall–Kier alpha value is -2.63. The number of aromatic amines is 2. The number of hydrogen-bond donors (Lipinski definition) is 2. The van der Waals surface area contributed by atoms with Gasteiger partial charge in [-0.05, 0) is 43.9 Å². The van der Waals surface area contributed by atoms with Gasteiger partial charge in [-0.1, -0.05) is 25.5 Å². The molecule has 1 aliphatic rings. The molecule has 6 nitrogen and oxygen atoms in total. The Balaban J connectivity index is 1.62. The second-order valence-electron chi connectivity index (χ2n) is 6.68. The highest BCUT2D eigenvalue weighted by atomic mass is 16.2. The van der Waals surface area contributed by atoms with Crippen LogP contribution in [0.5, 0.6) is 0 Å². The van der Waals surface area contributed by atoms with Gasteiger partial charge in [0.15, 0.2) is 0 Å². The van der Waals surface area contributed by atoms with Crippen LogP contribution in [0.3, 0.4) is 0 Å². The summed E-state index contributed by atoms with van der Waals surface area (Å²) in [6.07, 6.45) is 4.99. The summed E-state index contributed by atoms with van der Waals surface area (Å²) in [4.78, 5) is 23.1. The monoisotopic (exact) mass is 337 g/mol. The van der Waals surface area contributed by atoms with Gasteiger partial charge in [0.2, 0.25) is 0 Å². The Labute approximate surface area is 146 Å². The number of amides is 1. The van der Waals surface area contributed by atoms with Crippen molar-refractivity contribution in [3.8, 4) is 0 Å². The molecule has 1 amide bonds. The third-order valence-electron chi connectivity index (χ3n) is 4.86. The Kier molecular flexibility index (Phi) is 4.26. The van der Waals surface area contributed by atoms with E-state index < -0.39 is 0 Å². The summed E-state index contributed by atoms with van der Waals surface area (Å²) in [5.74, 6) is 0.863. The summed E-state index contributed by atoms with van der Waals surface area (Å²) in [5, 5.41) is 7.22. The second-order valence-corrected chi connectivity index (χ2v) is 6.68. The zero-order chi connectivity index (χ0) is 17.2. The van der Waals surface area contributed by atoms with Gasteiger partial charge in [0.25, 0.3) is 5.91 Å². The van der Waals surface area contributed by atoms with Crippen LogP contribution in [0, 0.1) is 0 Å². The SMILES string of the molecule is CCCc1cc(C(=O)N2CCCC[C@@H]2c2nc3ccccc3[nH]2)n[nH]1. The Bertz CT molecular complexity index is 848. The fourth-order valence-electron chi connectivity index (χ4n) is 3.60. The molecule has 0 unspecified atom stereocenters. The van der Waals surface area contributed by atoms with Crippen LogP contribution in [-0.2, 0) is 6.42 Å². The number of benzene rings is 1. The van der Waals surface area contributed by atoms with Crippen molar-refractivity contribution in [2.45, 2.75) is 45.1 Å². The summed E-state index contributed by atoms with van der Waals surface area (Å²) >= 11 is 0. The van der Waals surface area contributed by atoms with E-state index in [1.807, 2.05) is 35.2 Å². The lowest BCUT2D eigenvalue weighted by Crippen LogP contribution is -2.39. The van der Waals surface area contributed by atoms with Crippen molar-refractivity contribution in [1.29, 1.82) is 0 Å². The van der Waals surface area contributed by atoms with Crippen molar-refractivity contribution in [2.75, 3.05) is 6.54 Å². The number of nitrogens with zero attached hydrogens (tertiary/aromatic N) is 3. The maximum Gasteiger partial charge on any atom is 0.274 e. The van der Waals surface area contributed by atoms with E-state index in [1.54, 1.807) is 0 Å². The minimum Gasteiger partial charge on any atom is -0.340 e. The predicted molar refractivity (Wildman–Crippen MR) is 96.3 cm³/mol. The first-order valence-corrected chi connectivity index (χ1v) is 9.06. The molecule has 6 heteroatoms. The molecular formula is C19H23N5O. The molecular weight excluding hydrogens is 314 g/mol. The average Bonchev–Trinajstić information content (AvgIpc) is 3.28. The van der Waals surface area contributed by atoms with Crippen molar-refractivity contribution in [1.82, 2.24) is 25.1 Å². The molecule has 130 valence electrons. The van der Waals surface area contributed by atoms with Crippen LogP contribution < -0.4 is 0 Å². The highest BCUT2D eigenvalue weighted by molar-refractivity contribution is 5.92. The fourth-order valence-corrected chi connectivity index (χ4v) is 3.60. The van der Waals surface area contributed by atoms with Crippen LogP contribution in [0.4, 0.5) is 0 Å². The molecule has 3 aromatic rings. The molecule has 1 aromatic carbocycles. The van der Waals surface area contributed by atoms with Crippen molar-refractivity contribution in [3.63, 3.8) is 0 Å². The normalized spacial score (nSPS) is 18.0. The molecule has 1 saturated heterocycles. The van der Waals surface area contributed by atoms with E-state index >= 15 is 0 Å². The van der Waals surface area contributed by atoms with Crippen molar-refractivity contribution >= 4 is 16.9 Å². The summed E-state index contributed by atoms with van der Waals surface area (Å²) in [7, 11) is 0. The Morgan fingerprint density at radius 2 is 2.20 bits per heavy atom. The van der Waals surface area contributed by atoms with Gasteiger partial charge in [0, 0.05) is 12.2 Å². The van der Waals surface area contributed by atoms with E-state index in [1.165, 1.54) is 0 Å². The first-order chi connectivity index (χ1) is 12.3. The number of hydrogen-bond acceptors (Lipinski definition) is 3. The fraction of sp³-hybridized carbons (Fsp3) is 0.421. The predicted octanol–water partition coefficient (Wildman–Crippen LogP) is 3.61. The van der Waals surface area contributed by atoms with Crippen LogP contribution in [-0.4, -0.2) is 37.5 Å². The van der Waals surface area contributed by atoms with Crippen LogP contribution in [0.1, 0.15) is 60.7 Å². The number of aryl methyl sites for hydroxylation is 1. The highest BCUT2D eigenvalue weighted by Gasteiger charge is 2.31. The molecule has 2 N–H and O–H groups in total. The van der Waals surface area contributed by atoms with E-state index in [9.17, 15) is 4.79 Å². The molecule has 0 radical (unpaired) electrons. The summed E-state index contributed by atoms with van der Waals surface area (Å²) < 4.78 is 0. The number of likely N-dealkylation sites (tertiary alicyclic amines) is 1. The number of fused-ring (bicyclic) bond motifs is 1. The molecule has 0 saturated carbocycles. The molecule has 3 heterocycles. The van der Waals surface area contributed by atoms with Gasteiger partial charge in [-0.3, -0.25) is 9.89 Å². The van der Waals surface area contributed by atoms with Crippen molar-refractivity contribution < 1.29 is 4.79 Å². The Morgan fingerprint density at radius 3 is 3.04 bits per heavy atom. The number of carbonyl (C=O) groups excluding carboxylic acids is 1. The van der Waals surface area contributed by atoms with Gasteiger partial charge < -0.3 is 9.88 Å². The van der Waals surface area contributed by atoms with E-state index in [4.69, 9.17) is 4.98 Å². The van der Waals surface area contributed by atoms with Crippen molar-refractivity contribution in [2.24, 2.45) is 0 Å². The van der Waals surface area contributed by atoms with Gasteiger partial charge in [0.05, 0.1) is 17.1 Å². The summed E-state index contributed by atoms with van der Waals surface area (Å²) in [5.41, 5.74) is 3.48. The van der Waals surface area contributed by atoms with Crippen LogP contribution in [0.25, 0.3) is 11.0 Å². The lowest BCUT2D eigenvalue weighted by molar-refractivity contribution is 0.0595. The van der Waals surface area contributed by atoms with Crippen LogP contribution >= 0.6 is 0 Å². The minimum atomic E-state index is -0.0139. The molecule has 4 rings (SSSR count). The summed E-state index contributed by atoms with van der Waals surface area (Å²) in [6, 6.07) is 9.86. The van der Waals surface area contributed by atoms with Crippen molar-refractivity contribution in [3.05, 3.63) is 47.5 Å². The van der Waals surface area contributed by atoms with Gasteiger partial charge in [-0.15, -0.1) is 0 Å². The topological polar surface area (TPSA) is 77.7 Å². The molecule has 1 atom stereocenters. The van der Waals surface area contributed by atoms with Crippen LogP contribution in [0.2, 0.25) is 0 Å². The number of aromatic nitrogens is 4. The van der Waals surface area contributed by atoms with E-state index in [0.717, 1.165) is 61.2 Å². The number of nitrogens with one attached hydrogen (secondary N) is 2. The lowest BCUT2D eigenvalue weighted by atomic mass is 10.0. The smallest absolute Gasteiger partial charge is 0.274 e. The quantitative estimate of drug-likeness (QED) is 0.763. The number of para-hydroxylation sites is 2. The minimum absolute atomic E-state index is 0.0104. The zero-order valence-corrected chi connectivity index (χ0v) is 14.5. The lowest BCUT2D eigenvalue weighted by Gasteiger charge is -2.34.